The van der Waals surface area contributed by atoms with Crippen LogP contribution in [-0.2, 0) is 4.74 Å². The molecular weight excluding hydrogens is 272 g/mol. The minimum absolute atomic E-state index is 0.0789. The maximum atomic E-state index is 12.2. The molecule has 1 aromatic heterocycles. The van der Waals surface area contributed by atoms with E-state index in [2.05, 4.69) is 10.6 Å². The summed E-state index contributed by atoms with van der Waals surface area (Å²) in [7, 11) is 1.66. The first-order valence-corrected chi connectivity index (χ1v) is 7.32. The van der Waals surface area contributed by atoms with Crippen LogP contribution in [0.4, 0.5) is 11.4 Å². The Morgan fingerprint density at radius 3 is 2.65 bits per heavy atom. The molecule has 0 atom stereocenters. The van der Waals surface area contributed by atoms with Gasteiger partial charge in [0.25, 0.3) is 5.91 Å². The lowest BCUT2D eigenvalue weighted by Gasteiger charge is -2.12. The minimum atomic E-state index is -0.0789. The Morgan fingerprint density at radius 1 is 1.25 bits per heavy atom. The third-order valence-corrected chi connectivity index (χ3v) is 3.76. The van der Waals surface area contributed by atoms with Crippen LogP contribution in [0.25, 0.3) is 0 Å². The van der Waals surface area contributed by atoms with Gasteiger partial charge < -0.3 is 15.4 Å². The average molecular weight is 290 g/mol. The standard InChI is InChI=1S/C15H18N2O2S/c1-11-9-20-10-12(11)15(18)17-14-6-4-3-5-13(14)16-7-8-19-2/h3-6,9-10,16H,7-8H2,1-2H3,(H,17,18). The van der Waals surface area contributed by atoms with Crippen molar-refractivity contribution in [3.05, 3.63) is 46.2 Å². The molecule has 0 saturated carbocycles. The Labute approximate surface area is 122 Å². The molecule has 2 rings (SSSR count). The van der Waals surface area contributed by atoms with Gasteiger partial charge in [0.1, 0.15) is 0 Å². The number of anilines is 2. The van der Waals surface area contributed by atoms with Crippen LogP contribution in [0.15, 0.2) is 35.0 Å². The molecule has 106 valence electrons. The molecule has 0 radical (unpaired) electrons. The SMILES string of the molecule is COCCNc1ccccc1NC(=O)c1cscc1C. The Hall–Kier alpha value is -1.85. The van der Waals surface area contributed by atoms with E-state index in [1.165, 1.54) is 11.3 Å². The summed E-state index contributed by atoms with van der Waals surface area (Å²) in [6, 6.07) is 7.65. The molecule has 2 aromatic rings. The smallest absolute Gasteiger partial charge is 0.256 e. The predicted octanol–water partition coefficient (Wildman–Crippen LogP) is 3.37. The molecule has 0 unspecified atom stereocenters. The maximum absolute atomic E-state index is 12.2. The molecule has 0 fully saturated rings. The molecule has 1 heterocycles. The molecule has 1 amide bonds. The molecule has 5 heteroatoms. The Morgan fingerprint density at radius 2 is 2.00 bits per heavy atom. The second-order valence-electron chi connectivity index (χ2n) is 4.39. The molecule has 0 aliphatic heterocycles. The van der Waals surface area contributed by atoms with Crippen LogP contribution in [0.1, 0.15) is 15.9 Å². The first-order chi connectivity index (χ1) is 9.72. The van der Waals surface area contributed by atoms with E-state index in [1.807, 2.05) is 41.9 Å². The van der Waals surface area contributed by atoms with Crippen molar-refractivity contribution in [1.82, 2.24) is 0 Å². The van der Waals surface area contributed by atoms with E-state index in [0.29, 0.717) is 13.2 Å². The third kappa shape index (κ3) is 3.59. The summed E-state index contributed by atoms with van der Waals surface area (Å²) in [6.45, 7) is 3.25. The lowest BCUT2D eigenvalue weighted by atomic mass is 10.2. The van der Waals surface area contributed by atoms with E-state index < -0.39 is 0 Å². The zero-order valence-corrected chi connectivity index (χ0v) is 12.4. The summed E-state index contributed by atoms with van der Waals surface area (Å²) in [5, 5.41) is 10.0. The molecule has 1 aromatic carbocycles. The number of ether oxygens (including phenoxy) is 1. The monoisotopic (exact) mass is 290 g/mol. The first kappa shape index (κ1) is 14.6. The summed E-state index contributed by atoms with van der Waals surface area (Å²) in [6.07, 6.45) is 0. The number of hydrogen-bond acceptors (Lipinski definition) is 4. The number of methoxy groups -OCH3 is 1. The van der Waals surface area contributed by atoms with Gasteiger partial charge in [-0.05, 0) is 30.0 Å². The van der Waals surface area contributed by atoms with E-state index in [9.17, 15) is 4.79 Å². The van der Waals surface area contributed by atoms with Gasteiger partial charge in [0.05, 0.1) is 23.5 Å². The molecular formula is C15H18N2O2S. The van der Waals surface area contributed by atoms with E-state index in [4.69, 9.17) is 4.74 Å². The second-order valence-corrected chi connectivity index (χ2v) is 5.13. The number of carbonyl (C=O) groups excluding carboxylic acids is 1. The molecule has 20 heavy (non-hydrogen) atoms. The largest absolute Gasteiger partial charge is 0.383 e. The number of thiophene rings is 1. The number of benzene rings is 1. The van der Waals surface area contributed by atoms with E-state index in [0.717, 1.165) is 22.5 Å². The topological polar surface area (TPSA) is 50.4 Å². The van der Waals surface area contributed by atoms with Crippen molar-refractivity contribution in [3.63, 3.8) is 0 Å². The van der Waals surface area contributed by atoms with Crippen molar-refractivity contribution in [1.29, 1.82) is 0 Å². The van der Waals surface area contributed by atoms with Crippen LogP contribution in [0, 0.1) is 6.92 Å². The van der Waals surface area contributed by atoms with Gasteiger partial charge >= 0.3 is 0 Å². The number of carbonyl (C=O) groups is 1. The van der Waals surface area contributed by atoms with Crippen molar-refractivity contribution < 1.29 is 9.53 Å². The highest BCUT2D eigenvalue weighted by Crippen LogP contribution is 2.22. The molecule has 0 bridgehead atoms. The van der Waals surface area contributed by atoms with Crippen LogP contribution >= 0.6 is 11.3 Å². The number of rotatable bonds is 6. The number of aryl methyl sites for hydroxylation is 1. The van der Waals surface area contributed by atoms with Crippen molar-refractivity contribution in [2.45, 2.75) is 6.92 Å². The van der Waals surface area contributed by atoms with Gasteiger partial charge in [-0.15, -0.1) is 0 Å². The normalized spacial score (nSPS) is 10.3. The van der Waals surface area contributed by atoms with Crippen molar-refractivity contribution in [3.8, 4) is 0 Å². The molecule has 0 aliphatic carbocycles. The van der Waals surface area contributed by atoms with Gasteiger partial charge in [-0.3, -0.25) is 4.79 Å². The molecule has 4 nitrogen and oxygen atoms in total. The van der Waals surface area contributed by atoms with Crippen LogP contribution < -0.4 is 10.6 Å². The number of nitrogens with one attached hydrogen (secondary N) is 2. The van der Waals surface area contributed by atoms with Gasteiger partial charge in [-0.2, -0.15) is 11.3 Å². The Bertz CT molecular complexity index is 581. The van der Waals surface area contributed by atoms with Gasteiger partial charge in [0.2, 0.25) is 0 Å². The predicted molar refractivity (Wildman–Crippen MR) is 83.8 cm³/mol. The van der Waals surface area contributed by atoms with Crippen molar-refractivity contribution >= 4 is 28.6 Å². The fourth-order valence-electron chi connectivity index (χ4n) is 1.82. The van der Waals surface area contributed by atoms with E-state index in [-0.39, 0.29) is 5.91 Å². The van der Waals surface area contributed by atoms with Gasteiger partial charge in [-0.1, -0.05) is 12.1 Å². The van der Waals surface area contributed by atoms with Crippen LogP contribution in [-0.4, -0.2) is 26.2 Å². The highest BCUT2D eigenvalue weighted by molar-refractivity contribution is 7.08. The van der Waals surface area contributed by atoms with Crippen molar-refractivity contribution in [2.24, 2.45) is 0 Å². The second kappa shape index (κ2) is 7.07. The Balaban J connectivity index is 2.09. The Kier molecular flexibility index (Phi) is 5.15. The fraction of sp³-hybridized carbons (Fsp3) is 0.267. The lowest BCUT2D eigenvalue weighted by molar-refractivity contribution is 0.102. The zero-order valence-electron chi connectivity index (χ0n) is 11.6. The maximum Gasteiger partial charge on any atom is 0.256 e. The lowest BCUT2D eigenvalue weighted by Crippen LogP contribution is -2.15. The quantitative estimate of drug-likeness (QED) is 0.802. The summed E-state index contributed by atoms with van der Waals surface area (Å²) in [5.41, 5.74) is 3.39. The van der Waals surface area contributed by atoms with Gasteiger partial charge in [0, 0.05) is 19.0 Å². The van der Waals surface area contributed by atoms with Crippen molar-refractivity contribution in [2.75, 3.05) is 30.9 Å². The van der Waals surface area contributed by atoms with E-state index >= 15 is 0 Å². The van der Waals surface area contributed by atoms with E-state index in [1.54, 1.807) is 7.11 Å². The molecule has 0 aliphatic rings. The van der Waals surface area contributed by atoms with Crippen LogP contribution in [0.2, 0.25) is 0 Å². The third-order valence-electron chi connectivity index (χ3n) is 2.90. The summed E-state index contributed by atoms with van der Waals surface area (Å²) in [5.74, 6) is -0.0789. The highest BCUT2D eigenvalue weighted by Gasteiger charge is 2.11. The zero-order chi connectivity index (χ0) is 14.4. The first-order valence-electron chi connectivity index (χ1n) is 6.38. The molecule has 2 N–H and O–H groups in total. The average Bonchev–Trinajstić information content (AvgIpc) is 2.87. The summed E-state index contributed by atoms with van der Waals surface area (Å²) >= 11 is 1.53. The van der Waals surface area contributed by atoms with Gasteiger partial charge in [0.15, 0.2) is 0 Å². The number of para-hydroxylation sites is 2. The molecule has 0 spiro atoms. The highest BCUT2D eigenvalue weighted by atomic mass is 32.1. The summed E-state index contributed by atoms with van der Waals surface area (Å²) in [4.78, 5) is 12.2. The fourth-order valence-corrected chi connectivity index (χ4v) is 2.64. The van der Waals surface area contributed by atoms with Crippen LogP contribution in [0.3, 0.4) is 0 Å². The number of amides is 1. The summed E-state index contributed by atoms with van der Waals surface area (Å²) < 4.78 is 5.01. The number of hydrogen-bond donors (Lipinski definition) is 2. The van der Waals surface area contributed by atoms with Gasteiger partial charge in [-0.25, -0.2) is 0 Å². The minimum Gasteiger partial charge on any atom is -0.383 e. The van der Waals surface area contributed by atoms with Crippen LogP contribution in [0.5, 0.6) is 0 Å². The molecule has 0 saturated heterocycles.